The monoisotopic (exact) mass is 192 g/mol. The maximum absolute atomic E-state index is 11.4. The molecule has 0 radical (unpaired) electrons. The smallest absolute Gasteiger partial charge is 0.192 e. The second-order valence-electron chi connectivity index (χ2n) is 2.88. The first-order valence-electron chi connectivity index (χ1n) is 4.06. The number of rotatable bonds is 3. The maximum atomic E-state index is 11.4. The van der Waals surface area contributed by atoms with E-state index in [1.165, 1.54) is 11.8 Å². The average molecular weight is 192 g/mol. The Labute approximate surface area is 82.5 Å². The molecule has 0 saturated heterocycles. The van der Waals surface area contributed by atoms with E-state index in [4.69, 9.17) is 0 Å². The van der Waals surface area contributed by atoms with Crippen LogP contribution in [0.25, 0.3) is 0 Å². The minimum Gasteiger partial charge on any atom is -0.289 e. The van der Waals surface area contributed by atoms with Crippen LogP contribution in [0.2, 0.25) is 0 Å². The van der Waals surface area contributed by atoms with Crippen LogP contribution in [0, 0.1) is 0 Å². The summed E-state index contributed by atoms with van der Waals surface area (Å²) in [5.74, 6) is 0.805. The van der Waals surface area contributed by atoms with Gasteiger partial charge in [-0.1, -0.05) is 30.4 Å². The van der Waals surface area contributed by atoms with Crippen LogP contribution in [0.3, 0.4) is 0 Å². The Morgan fingerprint density at radius 2 is 2.08 bits per heavy atom. The van der Waals surface area contributed by atoms with Gasteiger partial charge in [0.1, 0.15) is 0 Å². The summed E-state index contributed by atoms with van der Waals surface area (Å²) in [6, 6.07) is 8.91. The first-order valence-corrected chi connectivity index (χ1v) is 5.05. The summed E-state index contributed by atoms with van der Waals surface area (Å²) in [7, 11) is 0. The molecule has 1 rings (SSSR count). The molecule has 0 spiro atoms. The van der Waals surface area contributed by atoms with Crippen molar-refractivity contribution in [3.05, 3.63) is 52.7 Å². The van der Waals surface area contributed by atoms with Gasteiger partial charge in [0.25, 0.3) is 0 Å². The zero-order valence-electron chi connectivity index (χ0n) is 7.62. The minimum absolute atomic E-state index is 0.0799. The number of hydrogen-bond donors (Lipinski definition) is 0. The largest absolute Gasteiger partial charge is 0.289 e. The van der Waals surface area contributed by atoms with Gasteiger partial charge in [0.15, 0.2) is 5.43 Å². The maximum Gasteiger partial charge on any atom is 0.192 e. The van der Waals surface area contributed by atoms with E-state index in [9.17, 15) is 4.79 Å². The molecule has 0 aliphatic carbocycles. The van der Waals surface area contributed by atoms with Crippen molar-refractivity contribution >= 4 is 11.8 Å². The van der Waals surface area contributed by atoms with Gasteiger partial charge >= 0.3 is 0 Å². The van der Waals surface area contributed by atoms with Crippen LogP contribution >= 0.6 is 11.8 Å². The lowest BCUT2D eigenvalue weighted by Gasteiger charge is -1.96. The van der Waals surface area contributed by atoms with Gasteiger partial charge in [-0.25, -0.2) is 0 Å². The molecule has 0 aliphatic heterocycles. The predicted molar refractivity (Wildman–Crippen MR) is 58.3 cm³/mol. The summed E-state index contributed by atoms with van der Waals surface area (Å²) in [5, 5.41) is 0. The summed E-state index contributed by atoms with van der Waals surface area (Å²) in [6.45, 7) is 5.75. The highest BCUT2D eigenvalue weighted by Gasteiger charge is 1.96. The molecule has 0 aliphatic rings. The van der Waals surface area contributed by atoms with E-state index in [0.717, 1.165) is 16.2 Å². The van der Waals surface area contributed by atoms with Crippen LogP contribution in [0.15, 0.2) is 52.2 Å². The summed E-state index contributed by atoms with van der Waals surface area (Å²) >= 11 is 1.54. The first kappa shape index (κ1) is 10.1. The molecule has 1 aromatic carbocycles. The molecule has 1 nitrogen and oxygen atoms in total. The van der Waals surface area contributed by atoms with Gasteiger partial charge in [0.05, 0.1) is 4.90 Å². The fourth-order valence-electron chi connectivity index (χ4n) is 0.835. The molecule has 0 fully saturated rings. The first-order chi connectivity index (χ1) is 6.20. The van der Waals surface area contributed by atoms with Gasteiger partial charge in [0.2, 0.25) is 0 Å². The molecular formula is C11H12OS. The molecule has 0 amide bonds. The number of thioether (sulfide) groups is 1. The summed E-state index contributed by atoms with van der Waals surface area (Å²) in [5.41, 5.74) is 1.16. The van der Waals surface area contributed by atoms with Crippen LogP contribution in [0.4, 0.5) is 0 Å². The lowest BCUT2D eigenvalue weighted by atomic mass is 10.4. The quantitative estimate of drug-likeness (QED) is 0.541. The van der Waals surface area contributed by atoms with Crippen LogP contribution in [-0.4, -0.2) is 5.75 Å². The summed E-state index contributed by atoms with van der Waals surface area (Å²) in [6.07, 6.45) is 0. The van der Waals surface area contributed by atoms with Crippen LogP contribution in [-0.2, 0) is 0 Å². The molecule has 68 valence electrons. The minimum atomic E-state index is 0.0799. The van der Waals surface area contributed by atoms with Crippen molar-refractivity contribution < 1.29 is 0 Å². The van der Waals surface area contributed by atoms with Gasteiger partial charge in [0, 0.05) is 5.75 Å². The van der Waals surface area contributed by atoms with Gasteiger partial charge in [-0.2, -0.15) is 0 Å². The molecule has 2 heteroatoms. The lowest BCUT2D eigenvalue weighted by molar-refractivity contribution is 1.37. The van der Waals surface area contributed by atoms with Crippen LogP contribution in [0.5, 0.6) is 0 Å². The molecule has 0 bridgehead atoms. The Kier molecular flexibility index (Phi) is 3.77. The lowest BCUT2D eigenvalue weighted by Crippen LogP contribution is -1.97. The zero-order valence-corrected chi connectivity index (χ0v) is 8.43. The van der Waals surface area contributed by atoms with Crippen LogP contribution in [0.1, 0.15) is 6.92 Å². The second-order valence-corrected chi connectivity index (χ2v) is 3.90. The Balaban J connectivity index is 2.84. The molecule has 0 heterocycles. The third kappa shape index (κ3) is 3.47. The van der Waals surface area contributed by atoms with E-state index in [1.54, 1.807) is 12.1 Å². The van der Waals surface area contributed by atoms with E-state index in [0.29, 0.717) is 0 Å². The number of hydrogen-bond acceptors (Lipinski definition) is 2. The van der Waals surface area contributed by atoms with Crippen molar-refractivity contribution in [2.75, 3.05) is 5.75 Å². The fourth-order valence-corrected chi connectivity index (χ4v) is 1.62. The molecule has 0 atom stereocenters. The van der Waals surface area contributed by atoms with E-state index in [-0.39, 0.29) is 5.43 Å². The average Bonchev–Trinajstić information content (AvgIpc) is 2.27. The fraction of sp³-hybridized carbons (Fsp3) is 0.182. The zero-order chi connectivity index (χ0) is 9.68. The Bertz CT molecular complexity index is 357. The third-order valence-electron chi connectivity index (χ3n) is 1.43. The highest BCUT2D eigenvalue weighted by molar-refractivity contribution is 7.99. The standard InChI is InChI=1S/C11H12OS/c1-9(2)8-13-11-7-5-3-4-6-10(11)12/h3-7H,1,8H2,2H3. The Morgan fingerprint density at radius 3 is 2.77 bits per heavy atom. The van der Waals surface area contributed by atoms with Crippen molar-refractivity contribution in [1.82, 2.24) is 0 Å². The van der Waals surface area contributed by atoms with E-state index >= 15 is 0 Å². The SMILES string of the molecule is C=C(C)CSc1cccccc1=O. The molecule has 1 aromatic rings. The van der Waals surface area contributed by atoms with Crippen molar-refractivity contribution in [1.29, 1.82) is 0 Å². The van der Waals surface area contributed by atoms with Crippen molar-refractivity contribution in [3.63, 3.8) is 0 Å². The van der Waals surface area contributed by atoms with Crippen LogP contribution < -0.4 is 5.43 Å². The van der Waals surface area contributed by atoms with E-state index in [2.05, 4.69) is 6.58 Å². The predicted octanol–water partition coefficient (Wildman–Crippen LogP) is 2.72. The molecule has 0 aromatic heterocycles. The second kappa shape index (κ2) is 4.87. The third-order valence-corrected chi connectivity index (χ3v) is 2.72. The van der Waals surface area contributed by atoms with Gasteiger partial charge in [-0.05, 0) is 19.1 Å². The Hall–Kier alpha value is -1.02. The van der Waals surface area contributed by atoms with Crippen molar-refractivity contribution in [2.45, 2.75) is 11.8 Å². The van der Waals surface area contributed by atoms with Gasteiger partial charge in [-0.15, -0.1) is 11.8 Å². The summed E-state index contributed by atoms with van der Waals surface area (Å²) < 4.78 is 0. The highest BCUT2D eigenvalue weighted by atomic mass is 32.2. The normalized spacial score (nSPS) is 9.62. The van der Waals surface area contributed by atoms with E-state index < -0.39 is 0 Å². The van der Waals surface area contributed by atoms with E-state index in [1.807, 2.05) is 25.1 Å². The molecule has 13 heavy (non-hydrogen) atoms. The van der Waals surface area contributed by atoms with Crippen molar-refractivity contribution in [3.8, 4) is 0 Å². The highest BCUT2D eigenvalue weighted by Crippen LogP contribution is 2.14. The Morgan fingerprint density at radius 1 is 1.38 bits per heavy atom. The molecule has 0 N–H and O–H groups in total. The summed E-state index contributed by atoms with van der Waals surface area (Å²) in [4.78, 5) is 12.2. The topological polar surface area (TPSA) is 17.1 Å². The van der Waals surface area contributed by atoms with Gasteiger partial charge in [-0.3, -0.25) is 4.79 Å². The molecule has 0 saturated carbocycles. The molecule has 0 unspecified atom stereocenters. The van der Waals surface area contributed by atoms with Crippen molar-refractivity contribution in [2.24, 2.45) is 0 Å². The van der Waals surface area contributed by atoms with Gasteiger partial charge < -0.3 is 0 Å². The molecular weight excluding hydrogens is 180 g/mol.